The van der Waals surface area contributed by atoms with Crippen molar-refractivity contribution in [1.82, 2.24) is 10.2 Å². The van der Waals surface area contributed by atoms with E-state index in [0.717, 1.165) is 19.4 Å². The van der Waals surface area contributed by atoms with E-state index >= 15 is 0 Å². The SMILES string of the molecule is CC(CCCNC(=O)N1CCCC(N)C1)C(=O)O. The molecule has 0 aromatic heterocycles. The Balaban J connectivity index is 2.15. The Morgan fingerprint density at radius 3 is 2.89 bits per heavy atom. The number of likely N-dealkylation sites (tertiary alicyclic amines) is 1. The minimum absolute atomic E-state index is 0.0801. The van der Waals surface area contributed by atoms with Gasteiger partial charge in [0.15, 0.2) is 0 Å². The fourth-order valence-electron chi connectivity index (χ4n) is 2.03. The van der Waals surface area contributed by atoms with Gasteiger partial charge in [0.25, 0.3) is 0 Å². The average Bonchev–Trinajstić information content (AvgIpc) is 2.33. The lowest BCUT2D eigenvalue weighted by atomic mass is 10.1. The molecule has 2 unspecified atom stereocenters. The van der Waals surface area contributed by atoms with Gasteiger partial charge in [-0.1, -0.05) is 6.92 Å². The first kappa shape index (κ1) is 14.8. The van der Waals surface area contributed by atoms with Gasteiger partial charge in [-0.25, -0.2) is 4.79 Å². The Morgan fingerprint density at radius 1 is 1.56 bits per heavy atom. The van der Waals surface area contributed by atoms with Gasteiger partial charge in [-0.05, 0) is 25.7 Å². The van der Waals surface area contributed by atoms with Gasteiger partial charge >= 0.3 is 12.0 Å². The summed E-state index contributed by atoms with van der Waals surface area (Å²) in [6.07, 6.45) is 3.18. The molecule has 1 aliphatic rings. The summed E-state index contributed by atoms with van der Waals surface area (Å²) >= 11 is 0. The number of nitrogens with zero attached hydrogens (tertiary/aromatic N) is 1. The number of carbonyl (C=O) groups is 2. The summed E-state index contributed by atoms with van der Waals surface area (Å²) in [5.74, 6) is -1.14. The second-order valence-corrected chi connectivity index (χ2v) is 4.96. The number of piperidine rings is 1. The summed E-state index contributed by atoms with van der Waals surface area (Å²) in [7, 11) is 0. The van der Waals surface area contributed by atoms with Crippen molar-refractivity contribution >= 4 is 12.0 Å². The van der Waals surface area contributed by atoms with E-state index in [1.165, 1.54) is 0 Å². The number of amides is 2. The van der Waals surface area contributed by atoms with E-state index < -0.39 is 5.97 Å². The molecule has 1 heterocycles. The number of hydrogen-bond acceptors (Lipinski definition) is 3. The molecule has 6 heteroatoms. The van der Waals surface area contributed by atoms with E-state index in [1.54, 1.807) is 11.8 Å². The first-order valence-electron chi connectivity index (χ1n) is 6.52. The number of nitrogens with one attached hydrogen (secondary N) is 1. The molecule has 18 heavy (non-hydrogen) atoms. The molecular weight excluding hydrogens is 234 g/mol. The normalized spacial score (nSPS) is 21.4. The van der Waals surface area contributed by atoms with Crippen LogP contribution in [0.25, 0.3) is 0 Å². The molecule has 0 saturated carbocycles. The van der Waals surface area contributed by atoms with Crippen molar-refractivity contribution in [2.45, 2.75) is 38.6 Å². The summed E-state index contributed by atoms with van der Waals surface area (Å²) in [6, 6.07) is -0.00957. The van der Waals surface area contributed by atoms with Crippen molar-refractivity contribution in [3.63, 3.8) is 0 Å². The number of nitrogens with two attached hydrogens (primary N) is 1. The lowest BCUT2D eigenvalue weighted by Gasteiger charge is -2.30. The van der Waals surface area contributed by atoms with Gasteiger partial charge in [0.1, 0.15) is 0 Å². The van der Waals surface area contributed by atoms with Crippen LogP contribution in [0, 0.1) is 5.92 Å². The Labute approximate surface area is 108 Å². The summed E-state index contributed by atoms with van der Waals surface area (Å²) in [6.45, 7) is 3.55. The highest BCUT2D eigenvalue weighted by Crippen LogP contribution is 2.08. The van der Waals surface area contributed by atoms with Crippen LogP contribution in [0.15, 0.2) is 0 Å². The largest absolute Gasteiger partial charge is 0.481 e. The fourth-order valence-corrected chi connectivity index (χ4v) is 2.03. The standard InChI is InChI=1S/C12H23N3O3/c1-9(11(16)17)4-2-6-14-12(18)15-7-3-5-10(13)8-15/h9-10H,2-8,13H2,1H3,(H,14,18)(H,16,17). The molecule has 6 nitrogen and oxygen atoms in total. The predicted molar refractivity (Wildman–Crippen MR) is 68.2 cm³/mol. The third kappa shape index (κ3) is 4.91. The smallest absolute Gasteiger partial charge is 0.317 e. The Kier molecular flexibility index (Phi) is 5.91. The fraction of sp³-hybridized carbons (Fsp3) is 0.833. The minimum atomic E-state index is -0.789. The van der Waals surface area contributed by atoms with Crippen molar-refractivity contribution in [2.75, 3.05) is 19.6 Å². The van der Waals surface area contributed by atoms with E-state index in [4.69, 9.17) is 10.8 Å². The first-order valence-corrected chi connectivity index (χ1v) is 6.52. The second-order valence-electron chi connectivity index (χ2n) is 4.96. The molecule has 2 amide bonds. The van der Waals surface area contributed by atoms with Crippen molar-refractivity contribution < 1.29 is 14.7 Å². The molecule has 1 saturated heterocycles. The molecule has 0 bridgehead atoms. The summed E-state index contributed by atoms with van der Waals surface area (Å²) < 4.78 is 0. The highest BCUT2D eigenvalue weighted by atomic mass is 16.4. The van der Waals surface area contributed by atoms with Gasteiger partial charge in [-0.2, -0.15) is 0 Å². The van der Waals surface area contributed by atoms with Gasteiger partial charge in [-0.15, -0.1) is 0 Å². The zero-order valence-electron chi connectivity index (χ0n) is 10.9. The molecule has 0 spiro atoms. The molecule has 104 valence electrons. The van der Waals surface area contributed by atoms with E-state index in [2.05, 4.69) is 5.32 Å². The quantitative estimate of drug-likeness (QED) is 0.629. The van der Waals surface area contributed by atoms with Crippen LogP contribution in [-0.4, -0.2) is 47.7 Å². The van der Waals surface area contributed by atoms with Crippen LogP contribution in [0.2, 0.25) is 0 Å². The number of carbonyl (C=O) groups excluding carboxylic acids is 1. The lowest BCUT2D eigenvalue weighted by Crippen LogP contribution is -2.49. The van der Waals surface area contributed by atoms with Crippen LogP contribution in [-0.2, 0) is 4.79 Å². The Hall–Kier alpha value is -1.30. The maximum atomic E-state index is 11.8. The summed E-state index contributed by atoms with van der Waals surface area (Å²) in [5.41, 5.74) is 5.80. The molecule has 2 atom stereocenters. The van der Waals surface area contributed by atoms with E-state index in [9.17, 15) is 9.59 Å². The number of hydrogen-bond donors (Lipinski definition) is 3. The number of carboxylic acid groups (broad SMARTS) is 1. The number of rotatable bonds is 5. The highest BCUT2D eigenvalue weighted by molar-refractivity contribution is 5.74. The monoisotopic (exact) mass is 257 g/mol. The molecule has 1 fully saturated rings. The van der Waals surface area contributed by atoms with Gasteiger partial charge in [-0.3, -0.25) is 4.79 Å². The maximum Gasteiger partial charge on any atom is 0.317 e. The first-order chi connectivity index (χ1) is 8.50. The Bertz CT molecular complexity index is 296. The maximum absolute atomic E-state index is 11.8. The predicted octanol–water partition coefficient (Wildman–Crippen LogP) is 0.620. The van der Waals surface area contributed by atoms with Crippen LogP contribution in [0.5, 0.6) is 0 Å². The van der Waals surface area contributed by atoms with Gasteiger partial charge < -0.3 is 21.1 Å². The number of carboxylic acids is 1. The Morgan fingerprint density at radius 2 is 2.28 bits per heavy atom. The molecule has 4 N–H and O–H groups in total. The van der Waals surface area contributed by atoms with Gasteiger partial charge in [0.2, 0.25) is 0 Å². The van der Waals surface area contributed by atoms with Crippen molar-refractivity contribution in [2.24, 2.45) is 11.7 Å². The third-order valence-corrected chi connectivity index (χ3v) is 3.26. The number of urea groups is 1. The second kappa shape index (κ2) is 7.20. The lowest BCUT2D eigenvalue weighted by molar-refractivity contribution is -0.141. The van der Waals surface area contributed by atoms with Crippen molar-refractivity contribution in [3.05, 3.63) is 0 Å². The van der Waals surface area contributed by atoms with Crippen molar-refractivity contribution in [3.8, 4) is 0 Å². The van der Waals surface area contributed by atoms with Crippen LogP contribution in [0.1, 0.15) is 32.6 Å². The molecule has 1 rings (SSSR count). The molecular formula is C12H23N3O3. The minimum Gasteiger partial charge on any atom is -0.481 e. The molecule has 1 aliphatic heterocycles. The topological polar surface area (TPSA) is 95.7 Å². The summed E-state index contributed by atoms with van der Waals surface area (Å²) in [4.78, 5) is 24.1. The molecule has 0 radical (unpaired) electrons. The zero-order valence-corrected chi connectivity index (χ0v) is 10.9. The zero-order chi connectivity index (χ0) is 13.5. The van der Waals surface area contributed by atoms with Crippen LogP contribution in [0.3, 0.4) is 0 Å². The van der Waals surface area contributed by atoms with Gasteiger partial charge in [0, 0.05) is 25.7 Å². The molecule has 0 aliphatic carbocycles. The van der Waals surface area contributed by atoms with E-state index in [0.29, 0.717) is 25.9 Å². The van der Waals surface area contributed by atoms with E-state index in [1.807, 2.05) is 0 Å². The van der Waals surface area contributed by atoms with E-state index in [-0.39, 0.29) is 18.0 Å². The van der Waals surface area contributed by atoms with Crippen LogP contribution in [0.4, 0.5) is 4.79 Å². The number of aliphatic carboxylic acids is 1. The van der Waals surface area contributed by atoms with Gasteiger partial charge in [0.05, 0.1) is 5.92 Å². The van der Waals surface area contributed by atoms with Crippen LogP contribution < -0.4 is 11.1 Å². The van der Waals surface area contributed by atoms with Crippen molar-refractivity contribution in [1.29, 1.82) is 0 Å². The summed E-state index contributed by atoms with van der Waals surface area (Å²) in [5, 5.41) is 11.5. The highest BCUT2D eigenvalue weighted by Gasteiger charge is 2.20. The van der Waals surface area contributed by atoms with Crippen LogP contribution >= 0.6 is 0 Å². The average molecular weight is 257 g/mol. The third-order valence-electron chi connectivity index (χ3n) is 3.26. The molecule has 0 aromatic carbocycles. The molecule has 0 aromatic rings.